The van der Waals surface area contributed by atoms with Gasteiger partial charge in [0.05, 0.1) is 0 Å². The second-order valence-electron chi connectivity index (χ2n) is 5.80. The first-order chi connectivity index (χ1) is 10.0. The molecule has 2 aliphatic heterocycles. The molecule has 0 aromatic carbocycles. The Labute approximate surface area is 125 Å². The number of carbonyl (C=O) groups excluding carboxylic acids is 2. The van der Waals surface area contributed by atoms with Crippen molar-refractivity contribution in [1.29, 1.82) is 0 Å². The molecule has 6 heteroatoms. The summed E-state index contributed by atoms with van der Waals surface area (Å²) in [6, 6.07) is 0.176. The molecule has 2 amide bonds. The zero-order valence-electron chi connectivity index (χ0n) is 12.6. The number of hydrogen-bond acceptors (Lipinski definition) is 4. The van der Waals surface area contributed by atoms with Crippen LogP contribution in [0.25, 0.3) is 0 Å². The summed E-state index contributed by atoms with van der Waals surface area (Å²) in [5, 5.41) is 6.38. The first-order valence-electron chi connectivity index (χ1n) is 7.48. The van der Waals surface area contributed by atoms with Crippen LogP contribution in [0, 0.1) is 5.92 Å². The zero-order valence-corrected chi connectivity index (χ0v) is 12.6. The van der Waals surface area contributed by atoms with Gasteiger partial charge in [-0.1, -0.05) is 19.9 Å². The van der Waals surface area contributed by atoms with Crippen molar-refractivity contribution < 1.29 is 9.59 Å². The van der Waals surface area contributed by atoms with Crippen LogP contribution in [0.5, 0.6) is 0 Å². The smallest absolute Gasteiger partial charge is 0.264 e. The Morgan fingerprint density at radius 1 is 1.33 bits per heavy atom. The monoisotopic (exact) mass is 292 g/mol. The highest BCUT2D eigenvalue weighted by Crippen LogP contribution is 2.20. The molecule has 0 aromatic rings. The number of nitrogens with one attached hydrogen (secondary N) is 2. The molecule has 1 fully saturated rings. The maximum Gasteiger partial charge on any atom is 0.264 e. The number of piperidine rings is 1. The quantitative estimate of drug-likeness (QED) is 0.685. The van der Waals surface area contributed by atoms with Gasteiger partial charge < -0.3 is 21.3 Å². The fraction of sp³-hybridized carbons (Fsp3) is 0.600. The molecule has 0 radical (unpaired) electrons. The van der Waals surface area contributed by atoms with Gasteiger partial charge in [0.2, 0.25) is 5.91 Å². The van der Waals surface area contributed by atoms with E-state index in [-0.39, 0.29) is 24.0 Å². The van der Waals surface area contributed by atoms with Crippen molar-refractivity contribution in [3.05, 3.63) is 23.9 Å². The van der Waals surface area contributed by atoms with E-state index in [2.05, 4.69) is 10.6 Å². The number of nitrogens with zero attached hydrogens (tertiary/aromatic N) is 1. The third-order valence-electron chi connectivity index (χ3n) is 3.88. The van der Waals surface area contributed by atoms with Crippen molar-refractivity contribution in [3.63, 3.8) is 0 Å². The molecule has 2 aliphatic rings. The molecule has 6 nitrogen and oxygen atoms in total. The minimum atomic E-state index is -0.508. The van der Waals surface area contributed by atoms with E-state index in [1.165, 1.54) is 0 Å². The topological polar surface area (TPSA) is 87.5 Å². The van der Waals surface area contributed by atoms with Gasteiger partial charge in [0.1, 0.15) is 11.9 Å². The molecule has 1 atom stereocenters. The SMILES string of the molecule is CC(C)C(=O)N(C1CCNCC1)C1C=CC=C(C(N)=O)N1. The summed E-state index contributed by atoms with van der Waals surface area (Å²) in [6.45, 7) is 5.60. The van der Waals surface area contributed by atoms with E-state index in [0.717, 1.165) is 25.9 Å². The number of nitrogens with two attached hydrogens (primary N) is 1. The first-order valence-corrected chi connectivity index (χ1v) is 7.48. The summed E-state index contributed by atoms with van der Waals surface area (Å²) in [7, 11) is 0. The van der Waals surface area contributed by atoms with Crippen LogP contribution >= 0.6 is 0 Å². The van der Waals surface area contributed by atoms with E-state index < -0.39 is 5.91 Å². The van der Waals surface area contributed by atoms with Gasteiger partial charge in [0, 0.05) is 12.0 Å². The van der Waals surface area contributed by atoms with Crippen molar-refractivity contribution in [1.82, 2.24) is 15.5 Å². The molecule has 116 valence electrons. The highest BCUT2D eigenvalue weighted by atomic mass is 16.2. The second-order valence-corrected chi connectivity index (χ2v) is 5.80. The van der Waals surface area contributed by atoms with E-state index in [4.69, 9.17) is 5.73 Å². The van der Waals surface area contributed by atoms with Gasteiger partial charge in [-0.25, -0.2) is 0 Å². The number of rotatable bonds is 4. The number of hydrogen-bond donors (Lipinski definition) is 3. The average Bonchev–Trinajstić information content (AvgIpc) is 2.48. The van der Waals surface area contributed by atoms with Crippen LogP contribution in [0.1, 0.15) is 26.7 Å². The number of primary amides is 1. The van der Waals surface area contributed by atoms with Crippen LogP contribution in [0.3, 0.4) is 0 Å². The molecule has 2 heterocycles. The Kier molecular flexibility index (Phi) is 5.01. The lowest BCUT2D eigenvalue weighted by Gasteiger charge is -2.41. The molecular formula is C15H24N4O2. The number of amides is 2. The fourth-order valence-electron chi connectivity index (χ4n) is 2.76. The van der Waals surface area contributed by atoms with Gasteiger partial charge in [-0.05, 0) is 38.1 Å². The Hall–Kier alpha value is -1.82. The van der Waals surface area contributed by atoms with Crippen molar-refractivity contribution in [2.24, 2.45) is 11.7 Å². The molecule has 21 heavy (non-hydrogen) atoms. The predicted molar refractivity (Wildman–Crippen MR) is 80.9 cm³/mol. The number of dihydropyridines is 1. The van der Waals surface area contributed by atoms with E-state index in [1.54, 1.807) is 12.2 Å². The van der Waals surface area contributed by atoms with Gasteiger partial charge in [-0.3, -0.25) is 9.59 Å². The second kappa shape index (κ2) is 6.76. The van der Waals surface area contributed by atoms with Crippen LogP contribution in [0.2, 0.25) is 0 Å². The lowest BCUT2D eigenvalue weighted by Crippen LogP contribution is -2.57. The minimum Gasteiger partial charge on any atom is -0.364 e. The highest BCUT2D eigenvalue weighted by molar-refractivity contribution is 5.92. The summed E-state index contributed by atoms with van der Waals surface area (Å²) in [5.41, 5.74) is 5.67. The molecule has 1 saturated heterocycles. The van der Waals surface area contributed by atoms with Gasteiger partial charge in [0.25, 0.3) is 5.91 Å². The van der Waals surface area contributed by atoms with Gasteiger partial charge in [-0.15, -0.1) is 0 Å². The summed E-state index contributed by atoms with van der Waals surface area (Å²) < 4.78 is 0. The normalized spacial score (nSPS) is 22.6. The minimum absolute atomic E-state index is 0.0852. The Morgan fingerprint density at radius 2 is 2.00 bits per heavy atom. The summed E-state index contributed by atoms with van der Waals surface area (Å²) in [6.07, 6.45) is 6.84. The van der Waals surface area contributed by atoms with Crippen LogP contribution < -0.4 is 16.4 Å². The molecular weight excluding hydrogens is 268 g/mol. The van der Waals surface area contributed by atoms with E-state index in [0.29, 0.717) is 5.70 Å². The van der Waals surface area contributed by atoms with Gasteiger partial charge in [0.15, 0.2) is 0 Å². The lowest BCUT2D eigenvalue weighted by molar-refractivity contribution is -0.140. The van der Waals surface area contributed by atoms with Gasteiger partial charge in [-0.2, -0.15) is 0 Å². The van der Waals surface area contributed by atoms with Crippen molar-refractivity contribution >= 4 is 11.8 Å². The summed E-state index contributed by atoms with van der Waals surface area (Å²) in [5.74, 6) is -0.501. The molecule has 0 aliphatic carbocycles. The maximum atomic E-state index is 12.6. The molecule has 0 aromatic heterocycles. The maximum absolute atomic E-state index is 12.6. The molecule has 0 saturated carbocycles. The summed E-state index contributed by atoms with van der Waals surface area (Å²) in [4.78, 5) is 25.8. The van der Waals surface area contributed by atoms with E-state index >= 15 is 0 Å². The Bertz CT molecular complexity index is 464. The molecule has 4 N–H and O–H groups in total. The highest BCUT2D eigenvalue weighted by Gasteiger charge is 2.33. The van der Waals surface area contributed by atoms with Crippen LogP contribution in [-0.4, -0.2) is 42.0 Å². The Morgan fingerprint density at radius 3 is 2.57 bits per heavy atom. The number of carbonyl (C=O) groups is 2. The van der Waals surface area contributed by atoms with Crippen LogP contribution in [0.15, 0.2) is 23.9 Å². The van der Waals surface area contributed by atoms with E-state index in [9.17, 15) is 9.59 Å². The standard InChI is InChI=1S/C15H24N4O2/c1-10(2)15(21)19(11-6-8-17-9-7-11)13-5-3-4-12(18-13)14(16)20/h3-5,10-11,13,17-18H,6-9H2,1-2H3,(H2,16,20). The van der Waals surface area contributed by atoms with E-state index in [1.807, 2.05) is 24.8 Å². The van der Waals surface area contributed by atoms with Gasteiger partial charge >= 0.3 is 0 Å². The predicted octanol–water partition coefficient (Wildman–Crippen LogP) is 0.0777. The largest absolute Gasteiger partial charge is 0.364 e. The molecule has 2 rings (SSSR count). The van der Waals surface area contributed by atoms with Crippen molar-refractivity contribution in [3.8, 4) is 0 Å². The lowest BCUT2D eigenvalue weighted by atomic mass is 10.0. The zero-order chi connectivity index (χ0) is 15.4. The molecule has 1 unspecified atom stereocenters. The van der Waals surface area contributed by atoms with Crippen molar-refractivity contribution in [2.75, 3.05) is 13.1 Å². The third kappa shape index (κ3) is 3.64. The average molecular weight is 292 g/mol. The Balaban J connectivity index is 2.19. The molecule has 0 spiro atoms. The molecule has 0 bridgehead atoms. The van der Waals surface area contributed by atoms with Crippen LogP contribution in [-0.2, 0) is 9.59 Å². The van der Waals surface area contributed by atoms with Crippen LogP contribution in [0.4, 0.5) is 0 Å². The fourth-order valence-corrected chi connectivity index (χ4v) is 2.76. The number of allylic oxidation sites excluding steroid dienone is 2. The van der Waals surface area contributed by atoms with Crippen molar-refractivity contribution in [2.45, 2.75) is 38.9 Å². The third-order valence-corrected chi connectivity index (χ3v) is 3.88. The summed E-state index contributed by atoms with van der Waals surface area (Å²) >= 11 is 0. The first kappa shape index (κ1) is 15.6.